The number of nitrogens with two attached hydrogens (primary N) is 1. The minimum absolute atomic E-state index is 0.101. The lowest BCUT2D eigenvalue weighted by molar-refractivity contribution is 0.440. The fourth-order valence-electron chi connectivity index (χ4n) is 2.51. The summed E-state index contributed by atoms with van der Waals surface area (Å²) in [5.41, 5.74) is 5.62. The molecular weight excluding hydrogens is 270 g/mol. The van der Waals surface area contributed by atoms with E-state index < -0.39 is 9.84 Å². The molecule has 7 heteroatoms. The number of hydrogen-bond donors (Lipinski definition) is 2. The van der Waals surface area contributed by atoms with Crippen LogP contribution >= 0.6 is 11.5 Å². The second kappa shape index (κ2) is 5.05. The molecule has 1 aromatic rings. The van der Waals surface area contributed by atoms with Gasteiger partial charge in [0.05, 0.1) is 0 Å². The lowest BCUT2D eigenvalue weighted by atomic mass is 9.98. The smallest absolute Gasteiger partial charge is 0.182 e. The molecule has 1 aliphatic carbocycles. The number of nitrogens with zero attached hydrogens (tertiary/aromatic N) is 1. The van der Waals surface area contributed by atoms with E-state index in [2.05, 4.69) is 16.6 Å². The van der Waals surface area contributed by atoms with Crippen LogP contribution in [0.3, 0.4) is 0 Å². The number of hydrogen-bond acceptors (Lipinski definition) is 6. The minimum atomic E-state index is -3.32. The predicted octanol–water partition coefficient (Wildman–Crippen LogP) is 1.98. The Kier molecular flexibility index (Phi) is 3.82. The molecule has 102 valence electrons. The third-order valence-electron chi connectivity index (χ3n) is 3.61. The van der Waals surface area contributed by atoms with E-state index in [1.165, 1.54) is 19.3 Å². The summed E-state index contributed by atoms with van der Waals surface area (Å²) in [6, 6.07) is 0. The lowest BCUT2D eigenvalue weighted by Gasteiger charge is -2.16. The van der Waals surface area contributed by atoms with Gasteiger partial charge in [-0.1, -0.05) is 19.8 Å². The van der Waals surface area contributed by atoms with E-state index >= 15 is 0 Å². The molecule has 1 aromatic heterocycles. The highest BCUT2D eigenvalue weighted by Gasteiger charge is 2.25. The van der Waals surface area contributed by atoms with Crippen molar-refractivity contribution in [3.63, 3.8) is 0 Å². The van der Waals surface area contributed by atoms with Crippen molar-refractivity contribution in [1.29, 1.82) is 0 Å². The van der Waals surface area contributed by atoms with Gasteiger partial charge in [0.2, 0.25) is 0 Å². The maximum absolute atomic E-state index is 11.6. The molecule has 2 rings (SSSR count). The number of nitrogens with one attached hydrogen (secondary N) is 1. The lowest BCUT2D eigenvalue weighted by Crippen LogP contribution is -2.17. The van der Waals surface area contributed by atoms with Crippen LogP contribution in [0.4, 0.5) is 10.8 Å². The molecule has 1 heterocycles. The van der Waals surface area contributed by atoms with E-state index in [0.29, 0.717) is 16.8 Å². The van der Waals surface area contributed by atoms with Gasteiger partial charge in [-0.3, -0.25) is 0 Å². The Morgan fingerprint density at radius 1 is 1.50 bits per heavy atom. The number of nitrogen functional groups attached to an aromatic ring is 1. The maximum Gasteiger partial charge on any atom is 0.182 e. The third kappa shape index (κ3) is 2.77. The van der Waals surface area contributed by atoms with E-state index in [9.17, 15) is 8.42 Å². The van der Waals surface area contributed by atoms with Crippen molar-refractivity contribution in [2.75, 3.05) is 23.9 Å². The van der Waals surface area contributed by atoms with Crippen LogP contribution in [0, 0.1) is 11.8 Å². The Hall–Kier alpha value is -0.820. The van der Waals surface area contributed by atoms with Crippen molar-refractivity contribution in [1.82, 2.24) is 4.37 Å². The molecule has 2 unspecified atom stereocenters. The molecular formula is C11H19N3O2S2. The molecule has 0 aliphatic heterocycles. The van der Waals surface area contributed by atoms with Crippen LogP contribution in [0.5, 0.6) is 0 Å². The highest BCUT2D eigenvalue weighted by Crippen LogP contribution is 2.34. The van der Waals surface area contributed by atoms with Crippen LogP contribution in [0.1, 0.15) is 26.2 Å². The van der Waals surface area contributed by atoms with Crippen molar-refractivity contribution < 1.29 is 8.42 Å². The SMILES string of the molecule is CC1CCCC1CNc1snc(N)c1S(C)(=O)=O. The summed E-state index contributed by atoms with van der Waals surface area (Å²) in [4.78, 5) is 0.151. The molecule has 0 aromatic carbocycles. The number of sulfone groups is 1. The molecule has 1 fully saturated rings. The van der Waals surface area contributed by atoms with Gasteiger partial charge < -0.3 is 11.1 Å². The van der Waals surface area contributed by atoms with Gasteiger partial charge in [0.25, 0.3) is 0 Å². The molecule has 0 radical (unpaired) electrons. The number of aromatic nitrogens is 1. The second-order valence-electron chi connectivity index (χ2n) is 5.05. The zero-order valence-corrected chi connectivity index (χ0v) is 12.3. The zero-order valence-electron chi connectivity index (χ0n) is 10.6. The number of rotatable bonds is 4. The van der Waals surface area contributed by atoms with Gasteiger partial charge in [-0.25, -0.2) is 8.42 Å². The van der Waals surface area contributed by atoms with Gasteiger partial charge >= 0.3 is 0 Å². The molecule has 18 heavy (non-hydrogen) atoms. The fraction of sp³-hybridized carbons (Fsp3) is 0.727. The Morgan fingerprint density at radius 3 is 2.78 bits per heavy atom. The predicted molar refractivity (Wildman–Crippen MR) is 74.6 cm³/mol. The molecule has 2 atom stereocenters. The van der Waals surface area contributed by atoms with Crippen LogP contribution in [-0.2, 0) is 9.84 Å². The van der Waals surface area contributed by atoms with E-state index in [1.807, 2.05) is 0 Å². The van der Waals surface area contributed by atoms with E-state index in [1.54, 1.807) is 0 Å². The summed E-state index contributed by atoms with van der Waals surface area (Å²) in [7, 11) is -3.32. The van der Waals surface area contributed by atoms with E-state index in [-0.39, 0.29) is 10.7 Å². The summed E-state index contributed by atoms with van der Waals surface area (Å²) in [5, 5.41) is 3.79. The van der Waals surface area contributed by atoms with Crippen molar-refractivity contribution in [3.8, 4) is 0 Å². The third-order valence-corrected chi connectivity index (χ3v) is 5.71. The summed E-state index contributed by atoms with van der Waals surface area (Å²) >= 11 is 1.12. The molecule has 3 N–H and O–H groups in total. The molecule has 0 saturated heterocycles. The largest absolute Gasteiger partial charge is 0.382 e. The maximum atomic E-state index is 11.6. The van der Waals surface area contributed by atoms with Crippen molar-refractivity contribution in [3.05, 3.63) is 0 Å². The molecule has 5 nitrogen and oxygen atoms in total. The van der Waals surface area contributed by atoms with Crippen LogP contribution in [0.25, 0.3) is 0 Å². The monoisotopic (exact) mass is 289 g/mol. The Balaban J connectivity index is 2.11. The highest BCUT2D eigenvalue weighted by molar-refractivity contribution is 7.91. The van der Waals surface area contributed by atoms with Gasteiger partial charge in [0.1, 0.15) is 9.90 Å². The first-order chi connectivity index (χ1) is 8.39. The molecule has 1 saturated carbocycles. The fourth-order valence-corrected chi connectivity index (χ4v) is 4.59. The summed E-state index contributed by atoms with van der Waals surface area (Å²) in [6.07, 6.45) is 4.89. The number of anilines is 2. The second-order valence-corrected chi connectivity index (χ2v) is 7.77. The summed E-state index contributed by atoms with van der Waals surface area (Å²) in [5.74, 6) is 1.41. The van der Waals surface area contributed by atoms with E-state index in [4.69, 9.17) is 5.73 Å². The average Bonchev–Trinajstić information content (AvgIpc) is 2.81. The molecule has 0 bridgehead atoms. The topological polar surface area (TPSA) is 85.1 Å². The van der Waals surface area contributed by atoms with Gasteiger partial charge in [0.15, 0.2) is 15.7 Å². The average molecular weight is 289 g/mol. The van der Waals surface area contributed by atoms with Crippen LogP contribution in [0.15, 0.2) is 4.90 Å². The van der Waals surface area contributed by atoms with Gasteiger partial charge in [-0.2, -0.15) is 4.37 Å². The van der Waals surface area contributed by atoms with Crippen LogP contribution in [0.2, 0.25) is 0 Å². The minimum Gasteiger partial charge on any atom is -0.382 e. The Labute approximate surface area is 112 Å². The van der Waals surface area contributed by atoms with Crippen LogP contribution < -0.4 is 11.1 Å². The molecule has 1 aliphatic rings. The van der Waals surface area contributed by atoms with Crippen molar-refractivity contribution in [2.24, 2.45) is 11.8 Å². The first-order valence-corrected chi connectivity index (χ1v) is 8.75. The van der Waals surface area contributed by atoms with E-state index in [0.717, 1.165) is 24.3 Å². The Morgan fingerprint density at radius 2 is 2.22 bits per heavy atom. The first kappa shape index (κ1) is 13.6. The van der Waals surface area contributed by atoms with Crippen molar-refractivity contribution >= 4 is 32.2 Å². The van der Waals surface area contributed by atoms with Gasteiger partial charge in [-0.15, -0.1) is 0 Å². The Bertz CT molecular complexity index is 524. The quantitative estimate of drug-likeness (QED) is 0.885. The van der Waals surface area contributed by atoms with Gasteiger partial charge in [0, 0.05) is 12.8 Å². The highest BCUT2D eigenvalue weighted by atomic mass is 32.2. The first-order valence-electron chi connectivity index (χ1n) is 6.08. The van der Waals surface area contributed by atoms with Gasteiger partial charge in [-0.05, 0) is 29.8 Å². The van der Waals surface area contributed by atoms with Crippen molar-refractivity contribution in [2.45, 2.75) is 31.1 Å². The zero-order chi connectivity index (χ0) is 13.3. The normalized spacial score (nSPS) is 24.3. The van der Waals surface area contributed by atoms with Crippen LogP contribution in [-0.4, -0.2) is 25.6 Å². The summed E-state index contributed by atoms with van der Waals surface area (Å²) < 4.78 is 27.2. The standard InChI is InChI=1S/C11H19N3O2S2/c1-7-4-3-5-8(7)6-13-11-9(18(2,15)16)10(12)14-17-11/h7-8,13H,3-6H2,1-2H3,(H2,12,14). The summed E-state index contributed by atoms with van der Waals surface area (Å²) in [6.45, 7) is 3.04. The molecule has 0 spiro atoms. The molecule has 0 amide bonds.